The molecule has 1 amide bonds. The van der Waals surface area contributed by atoms with Gasteiger partial charge in [-0.25, -0.2) is 0 Å². The summed E-state index contributed by atoms with van der Waals surface area (Å²) < 4.78 is 16.7. The highest BCUT2D eigenvalue weighted by Gasteiger charge is 2.44. The van der Waals surface area contributed by atoms with Crippen LogP contribution in [0.2, 0.25) is 0 Å². The molecule has 0 aromatic rings. The number of carbonyl (C=O) groups is 2. The standard InChI is InChI=1S/C68H119NO10/c1-3-5-7-9-11-13-15-16-17-30-33-36-40-44-48-52-56-64(73)77-57-53-49-45-41-37-34-31-28-26-24-22-20-18-19-21-23-25-27-29-32-35-39-43-47-51-55-63(72)69-60(59-78-68-67(76)66(75)65(74)62(58-70)79-68)61(71)54-50-46-42-38-14-12-10-8-6-4-2/h6,8,13-15,17,19-22,30,38,50,54,60-62,65-68,70-71,74-76H,3-5,7,9-12,16,18,23-29,31-37,39-49,51-53,55-59H2,1-2H3,(H,69,72)/b8-6+,15-13-,21-19-,22-20-,30-17-,38-14+,54-50+. The van der Waals surface area contributed by atoms with Gasteiger partial charge in [0.2, 0.25) is 5.91 Å². The second-order valence-electron chi connectivity index (χ2n) is 22.1. The summed E-state index contributed by atoms with van der Waals surface area (Å²) in [5.74, 6) is -0.223. The fraction of sp³-hybridized carbons (Fsp3) is 0.765. The molecule has 6 N–H and O–H groups in total. The number of hydrogen-bond acceptors (Lipinski definition) is 10. The number of ether oxygens (including phenoxy) is 3. The Labute approximate surface area is 483 Å². The first kappa shape index (κ1) is 73.9. The second-order valence-corrected chi connectivity index (χ2v) is 22.1. The van der Waals surface area contributed by atoms with Gasteiger partial charge in [-0.1, -0.05) is 227 Å². The van der Waals surface area contributed by atoms with Gasteiger partial charge in [-0.3, -0.25) is 9.59 Å². The van der Waals surface area contributed by atoms with E-state index in [1.54, 1.807) is 6.08 Å². The SMILES string of the molecule is CC/C=C/CC/C=C/CC/C=C/C(O)C(COC1OC(CO)C(O)C(O)C1O)NC(=O)CCCCCCCCCCC/C=C\C/C=C\CCCCCCCCCCCOC(=O)CCCCCCC/C=C\C/C=C\CCCCCC. The maximum absolute atomic E-state index is 13.0. The van der Waals surface area contributed by atoms with Crippen molar-refractivity contribution in [3.8, 4) is 0 Å². The van der Waals surface area contributed by atoms with Crippen molar-refractivity contribution >= 4 is 11.9 Å². The average molecular weight is 1110 g/mol. The van der Waals surface area contributed by atoms with Crippen LogP contribution in [-0.2, 0) is 23.8 Å². The maximum atomic E-state index is 13.0. The highest BCUT2D eigenvalue weighted by molar-refractivity contribution is 5.76. The zero-order valence-corrected chi connectivity index (χ0v) is 50.3. The predicted octanol–water partition coefficient (Wildman–Crippen LogP) is 15.7. The van der Waals surface area contributed by atoms with Crippen LogP contribution in [0.5, 0.6) is 0 Å². The lowest BCUT2D eigenvalue weighted by Crippen LogP contribution is -2.60. The Balaban J connectivity index is 2.00. The van der Waals surface area contributed by atoms with E-state index in [2.05, 4.69) is 92.1 Å². The number of amides is 1. The first-order chi connectivity index (χ1) is 38.7. The molecule has 7 unspecified atom stereocenters. The summed E-state index contributed by atoms with van der Waals surface area (Å²) in [6, 6.07) is -0.840. The smallest absolute Gasteiger partial charge is 0.305 e. The minimum atomic E-state index is -1.58. The minimum absolute atomic E-state index is 0.0168. The summed E-state index contributed by atoms with van der Waals surface area (Å²) in [6.45, 7) is 4.16. The van der Waals surface area contributed by atoms with E-state index in [0.717, 1.165) is 109 Å². The molecule has 11 heteroatoms. The van der Waals surface area contributed by atoms with Gasteiger partial charge < -0.3 is 45.1 Å². The van der Waals surface area contributed by atoms with Gasteiger partial charge in [0, 0.05) is 12.8 Å². The van der Waals surface area contributed by atoms with Gasteiger partial charge in [0.15, 0.2) is 6.29 Å². The predicted molar refractivity (Wildman–Crippen MR) is 329 cm³/mol. The number of aliphatic hydroxyl groups excluding tert-OH is 5. The van der Waals surface area contributed by atoms with Gasteiger partial charge >= 0.3 is 5.97 Å². The Morgan fingerprint density at radius 3 is 1.38 bits per heavy atom. The van der Waals surface area contributed by atoms with Crippen molar-refractivity contribution in [1.29, 1.82) is 0 Å². The van der Waals surface area contributed by atoms with Crippen molar-refractivity contribution in [2.45, 2.75) is 314 Å². The number of nitrogens with one attached hydrogen (secondary N) is 1. The third-order valence-corrected chi connectivity index (χ3v) is 14.7. The van der Waals surface area contributed by atoms with Crippen molar-refractivity contribution in [3.63, 3.8) is 0 Å². The van der Waals surface area contributed by atoms with E-state index in [1.807, 2.05) is 6.08 Å². The molecule has 1 saturated heterocycles. The Hall–Kier alpha value is -3.16. The minimum Gasteiger partial charge on any atom is -0.466 e. The van der Waals surface area contributed by atoms with E-state index in [4.69, 9.17) is 14.2 Å². The Morgan fingerprint density at radius 2 is 0.899 bits per heavy atom. The molecule has 7 atom stereocenters. The van der Waals surface area contributed by atoms with Crippen LogP contribution in [0.15, 0.2) is 85.1 Å². The van der Waals surface area contributed by atoms with Crippen molar-refractivity contribution in [2.75, 3.05) is 19.8 Å². The molecule has 0 aliphatic carbocycles. The lowest BCUT2D eigenvalue weighted by atomic mass is 9.99. The maximum Gasteiger partial charge on any atom is 0.305 e. The monoisotopic (exact) mass is 1110 g/mol. The normalized spacial score (nSPS) is 19.0. The molecule has 1 aliphatic rings. The van der Waals surface area contributed by atoms with Crippen molar-refractivity contribution in [2.24, 2.45) is 0 Å². The topological polar surface area (TPSA) is 175 Å². The van der Waals surface area contributed by atoms with Gasteiger partial charge in [0.05, 0.1) is 32.0 Å². The number of unbranched alkanes of at least 4 members (excludes halogenated alkanes) is 29. The van der Waals surface area contributed by atoms with Crippen LogP contribution in [0.1, 0.15) is 271 Å². The van der Waals surface area contributed by atoms with E-state index in [0.29, 0.717) is 19.4 Å². The quantitative estimate of drug-likeness (QED) is 0.0195. The number of aliphatic hydroxyl groups is 5. The zero-order chi connectivity index (χ0) is 57.3. The summed E-state index contributed by atoms with van der Waals surface area (Å²) in [4.78, 5) is 25.1. The molecule has 0 aromatic carbocycles. The molecule has 79 heavy (non-hydrogen) atoms. The molecule has 0 bridgehead atoms. The molecule has 0 saturated carbocycles. The third kappa shape index (κ3) is 46.1. The van der Waals surface area contributed by atoms with Crippen LogP contribution in [-0.4, -0.2) is 100 Å². The molecule has 0 radical (unpaired) electrons. The van der Waals surface area contributed by atoms with Gasteiger partial charge in [-0.2, -0.15) is 0 Å². The van der Waals surface area contributed by atoms with Crippen molar-refractivity contribution in [1.82, 2.24) is 5.32 Å². The number of hydrogen-bond donors (Lipinski definition) is 6. The van der Waals surface area contributed by atoms with Gasteiger partial charge in [-0.05, 0) is 116 Å². The summed E-state index contributed by atoms with van der Waals surface area (Å²) in [5, 5.41) is 54.2. The van der Waals surface area contributed by atoms with Crippen LogP contribution in [0.3, 0.4) is 0 Å². The summed E-state index contributed by atoms with van der Waals surface area (Å²) in [7, 11) is 0. The molecule has 0 spiro atoms. The number of esters is 1. The van der Waals surface area contributed by atoms with Crippen molar-refractivity contribution in [3.05, 3.63) is 85.1 Å². The first-order valence-corrected chi connectivity index (χ1v) is 32.4. The van der Waals surface area contributed by atoms with E-state index in [-0.39, 0.29) is 18.5 Å². The highest BCUT2D eigenvalue weighted by atomic mass is 16.7. The Morgan fingerprint density at radius 1 is 0.481 bits per heavy atom. The zero-order valence-electron chi connectivity index (χ0n) is 50.3. The summed E-state index contributed by atoms with van der Waals surface area (Å²) in [6.07, 6.45) is 67.1. The lowest BCUT2D eigenvalue weighted by molar-refractivity contribution is -0.302. The van der Waals surface area contributed by atoms with Crippen LogP contribution in [0.4, 0.5) is 0 Å². The van der Waals surface area contributed by atoms with Crippen LogP contribution >= 0.6 is 0 Å². The highest BCUT2D eigenvalue weighted by Crippen LogP contribution is 2.23. The van der Waals surface area contributed by atoms with E-state index in [9.17, 15) is 35.1 Å². The average Bonchev–Trinajstić information content (AvgIpc) is 3.45. The molecule has 11 nitrogen and oxygen atoms in total. The van der Waals surface area contributed by atoms with Crippen LogP contribution < -0.4 is 5.32 Å². The van der Waals surface area contributed by atoms with Gasteiger partial charge in [0.1, 0.15) is 24.4 Å². The molecule has 1 fully saturated rings. The van der Waals surface area contributed by atoms with Crippen molar-refractivity contribution < 1.29 is 49.3 Å². The van der Waals surface area contributed by atoms with Gasteiger partial charge in [-0.15, -0.1) is 0 Å². The Kier molecular flexibility index (Phi) is 53.0. The number of carbonyl (C=O) groups excluding carboxylic acids is 2. The lowest BCUT2D eigenvalue weighted by Gasteiger charge is -2.40. The van der Waals surface area contributed by atoms with E-state index < -0.39 is 49.5 Å². The van der Waals surface area contributed by atoms with Gasteiger partial charge in [0.25, 0.3) is 0 Å². The van der Waals surface area contributed by atoms with E-state index >= 15 is 0 Å². The number of allylic oxidation sites excluding steroid dienone is 13. The molecular weight excluding hydrogens is 991 g/mol. The van der Waals surface area contributed by atoms with Crippen LogP contribution in [0.25, 0.3) is 0 Å². The molecule has 1 aliphatic heterocycles. The molecular formula is C68H119NO10. The largest absolute Gasteiger partial charge is 0.466 e. The molecule has 1 heterocycles. The van der Waals surface area contributed by atoms with Crippen LogP contribution in [0, 0.1) is 0 Å². The third-order valence-electron chi connectivity index (χ3n) is 14.7. The second kappa shape index (κ2) is 56.7. The molecule has 456 valence electrons. The Bertz CT molecular complexity index is 1590. The fourth-order valence-electron chi connectivity index (χ4n) is 9.59. The summed E-state index contributed by atoms with van der Waals surface area (Å²) in [5.41, 5.74) is 0. The summed E-state index contributed by atoms with van der Waals surface area (Å²) >= 11 is 0. The molecule has 0 aromatic heterocycles. The molecule has 1 rings (SSSR count). The van der Waals surface area contributed by atoms with E-state index in [1.165, 1.54) is 135 Å². The first-order valence-electron chi connectivity index (χ1n) is 32.4. The number of rotatable bonds is 55. The fourth-order valence-corrected chi connectivity index (χ4v) is 9.59.